The van der Waals surface area contributed by atoms with Crippen molar-refractivity contribution in [2.75, 3.05) is 6.61 Å². The van der Waals surface area contributed by atoms with E-state index in [4.69, 9.17) is 18.9 Å². The van der Waals surface area contributed by atoms with Crippen LogP contribution in [0, 0.1) is 10.1 Å². The second-order valence-electron chi connectivity index (χ2n) is 4.37. The third-order valence-corrected chi connectivity index (χ3v) is 2.83. The highest BCUT2D eigenvalue weighted by Gasteiger charge is 2.25. The molecule has 0 bridgehead atoms. The maximum Gasteiger partial charge on any atom is 0.347 e. The largest absolute Gasteiger partial charge is 0.472 e. The molecule has 0 aliphatic carbocycles. The molecule has 8 nitrogen and oxygen atoms in total. The first-order chi connectivity index (χ1) is 10.5. The lowest BCUT2D eigenvalue weighted by Crippen LogP contribution is -2.26. The fraction of sp³-hybridized carbons (Fsp3) is 0.357. The Labute approximate surface area is 126 Å². The molecular formula is C14H15NO7. The van der Waals surface area contributed by atoms with Crippen molar-refractivity contribution in [3.05, 3.63) is 46.4 Å². The van der Waals surface area contributed by atoms with E-state index in [9.17, 15) is 14.9 Å². The van der Waals surface area contributed by atoms with Crippen molar-refractivity contribution >= 4 is 11.7 Å². The van der Waals surface area contributed by atoms with Gasteiger partial charge in [0, 0.05) is 11.6 Å². The van der Waals surface area contributed by atoms with Crippen LogP contribution >= 0.6 is 0 Å². The molecule has 0 amide bonds. The molecule has 22 heavy (non-hydrogen) atoms. The van der Waals surface area contributed by atoms with E-state index in [1.54, 1.807) is 13.0 Å². The number of nitro benzene ring substituents is 1. The van der Waals surface area contributed by atoms with Crippen LogP contribution in [-0.2, 0) is 19.0 Å². The summed E-state index contributed by atoms with van der Waals surface area (Å²) in [6.07, 6.45) is 1.02. The lowest BCUT2D eigenvalue weighted by atomic mass is 10.1. The van der Waals surface area contributed by atoms with Crippen LogP contribution in [0.2, 0.25) is 0 Å². The fourth-order valence-corrected chi connectivity index (χ4v) is 1.82. The number of nitro groups is 1. The minimum Gasteiger partial charge on any atom is -0.472 e. The van der Waals surface area contributed by atoms with Crippen LogP contribution < -0.4 is 4.74 Å². The first-order valence-corrected chi connectivity index (χ1v) is 6.60. The average molecular weight is 309 g/mol. The fourth-order valence-electron chi connectivity index (χ4n) is 1.82. The molecular weight excluding hydrogens is 294 g/mol. The monoisotopic (exact) mass is 309 g/mol. The van der Waals surface area contributed by atoms with Gasteiger partial charge in [-0.05, 0) is 26.0 Å². The van der Waals surface area contributed by atoms with Crippen molar-refractivity contribution in [3.8, 4) is 5.75 Å². The molecule has 1 unspecified atom stereocenters. The molecule has 1 aliphatic heterocycles. The Bertz CT molecular complexity index is 591. The Morgan fingerprint density at radius 2 is 2.09 bits per heavy atom. The predicted molar refractivity (Wildman–Crippen MR) is 73.9 cm³/mol. The summed E-state index contributed by atoms with van der Waals surface area (Å²) >= 11 is 0. The standard InChI is InChI=1S/C14H15NO7/c1-3-19-13(16)9(2)22-12-5-4-10(8-11(12)15(17)18)14-20-6-7-21-14/h4-9,14H,3H2,1-2H3. The number of nitrogens with zero attached hydrogens (tertiary/aromatic N) is 1. The van der Waals surface area contributed by atoms with Gasteiger partial charge in [-0.3, -0.25) is 10.1 Å². The topological polar surface area (TPSA) is 97.1 Å². The highest BCUT2D eigenvalue weighted by atomic mass is 16.7. The molecule has 1 aliphatic rings. The number of benzene rings is 1. The number of esters is 1. The molecule has 0 radical (unpaired) electrons. The lowest BCUT2D eigenvalue weighted by Gasteiger charge is -2.15. The van der Waals surface area contributed by atoms with Crippen LogP contribution in [0.3, 0.4) is 0 Å². The molecule has 8 heteroatoms. The highest BCUT2D eigenvalue weighted by molar-refractivity contribution is 5.74. The Morgan fingerprint density at radius 3 is 2.68 bits per heavy atom. The Kier molecular flexibility index (Phi) is 4.82. The molecule has 0 fully saturated rings. The van der Waals surface area contributed by atoms with Crippen molar-refractivity contribution in [3.63, 3.8) is 0 Å². The smallest absolute Gasteiger partial charge is 0.347 e. The van der Waals surface area contributed by atoms with Gasteiger partial charge in [-0.15, -0.1) is 0 Å². The number of rotatable bonds is 6. The van der Waals surface area contributed by atoms with Gasteiger partial charge in [0.2, 0.25) is 0 Å². The second kappa shape index (κ2) is 6.79. The normalized spacial score (nSPS) is 14.8. The third kappa shape index (κ3) is 3.46. The molecule has 0 aromatic heterocycles. The van der Waals surface area contributed by atoms with Crippen LogP contribution in [-0.4, -0.2) is 23.6 Å². The molecule has 0 saturated heterocycles. The number of hydrogen-bond acceptors (Lipinski definition) is 7. The van der Waals surface area contributed by atoms with Crippen LogP contribution in [0.15, 0.2) is 30.7 Å². The van der Waals surface area contributed by atoms with Gasteiger partial charge in [0.25, 0.3) is 6.29 Å². The van der Waals surface area contributed by atoms with E-state index < -0.39 is 23.3 Å². The number of carbonyl (C=O) groups is 1. The van der Waals surface area contributed by atoms with Crippen molar-refractivity contribution in [1.29, 1.82) is 0 Å². The van der Waals surface area contributed by atoms with E-state index in [-0.39, 0.29) is 18.0 Å². The van der Waals surface area contributed by atoms with Crippen molar-refractivity contribution in [1.82, 2.24) is 0 Å². The van der Waals surface area contributed by atoms with Gasteiger partial charge in [-0.2, -0.15) is 0 Å². The molecule has 1 aromatic carbocycles. The van der Waals surface area contributed by atoms with Gasteiger partial charge < -0.3 is 18.9 Å². The van der Waals surface area contributed by atoms with Crippen molar-refractivity contribution < 1.29 is 28.7 Å². The SMILES string of the molecule is CCOC(=O)C(C)Oc1ccc(C2OC=CO2)cc1[N+](=O)[O-]. The van der Waals surface area contributed by atoms with E-state index in [0.717, 1.165) is 0 Å². The van der Waals surface area contributed by atoms with Crippen LogP contribution in [0.25, 0.3) is 0 Å². The molecule has 1 heterocycles. The first kappa shape index (κ1) is 15.6. The van der Waals surface area contributed by atoms with E-state index in [1.807, 2.05) is 0 Å². The van der Waals surface area contributed by atoms with E-state index >= 15 is 0 Å². The lowest BCUT2D eigenvalue weighted by molar-refractivity contribution is -0.386. The zero-order valence-corrected chi connectivity index (χ0v) is 12.1. The van der Waals surface area contributed by atoms with Crippen LogP contribution in [0.5, 0.6) is 5.75 Å². The molecule has 118 valence electrons. The van der Waals surface area contributed by atoms with Gasteiger partial charge in [0.05, 0.1) is 11.5 Å². The Balaban J connectivity index is 2.20. The minimum absolute atomic E-state index is 0.0275. The Morgan fingerprint density at radius 1 is 1.41 bits per heavy atom. The second-order valence-corrected chi connectivity index (χ2v) is 4.37. The first-order valence-electron chi connectivity index (χ1n) is 6.60. The van der Waals surface area contributed by atoms with Crippen LogP contribution in [0.1, 0.15) is 25.7 Å². The summed E-state index contributed by atoms with van der Waals surface area (Å²) in [5.41, 5.74) is 0.181. The van der Waals surface area contributed by atoms with Gasteiger partial charge in [-0.1, -0.05) is 0 Å². The van der Waals surface area contributed by atoms with E-state index in [1.165, 1.54) is 31.6 Å². The molecule has 0 spiro atoms. The highest BCUT2D eigenvalue weighted by Crippen LogP contribution is 2.33. The number of ether oxygens (including phenoxy) is 4. The summed E-state index contributed by atoms with van der Waals surface area (Å²) in [6, 6.07) is 4.25. The zero-order chi connectivity index (χ0) is 16.1. The zero-order valence-electron chi connectivity index (χ0n) is 12.1. The summed E-state index contributed by atoms with van der Waals surface area (Å²) in [7, 11) is 0. The third-order valence-electron chi connectivity index (χ3n) is 2.83. The van der Waals surface area contributed by atoms with Crippen LogP contribution in [0.4, 0.5) is 5.69 Å². The van der Waals surface area contributed by atoms with E-state index in [0.29, 0.717) is 5.56 Å². The summed E-state index contributed by atoms with van der Waals surface area (Å²) in [4.78, 5) is 22.1. The summed E-state index contributed by atoms with van der Waals surface area (Å²) in [5, 5.41) is 11.2. The molecule has 2 rings (SSSR count). The van der Waals surface area contributed by atoms with Gasteiger partial charge >= 0.3 is 11.7 Å². The molecule has 0 N–H and O–H groups in total. The molecule has 1 atom stereocenters. The number of carbonyl (C=O) groups excluding carboxylic acids is 1. The maximum absolute atomic E-state index is 11.5. The quantitative estimate of drug-likeness (QED) is 0.452. The summed E-state index contributed by atoms with van der Waals surface area (Å²) in [6.45, 7) is 3.33. The van der Waals surface area contributed by atoms with Gasteiger partial charge in [-0.25, -0.2) is 4.79 Å². The van der Waals surface area contributed by atoms with Gasteiger partial charge in [0.1, 0.15) is 12.5 Å². The van der Waals surface area contributed by atoms with E-state index in [2.05, 4.69) is 0 Å². The molecule has 0 saturated carbocycles. The minimum atomic E-state index is -0.954. The van der Waals surface area contributed by atoms with Gasteiger partial charge in [0.15, 0.2) is 11.9 Å². The predicted octanol–water partition coefficient (Wildman–Crippen LogP) is 2.44. The Hall–Kier alpha value is -2.77. The summed E-state index contributed by atoms with van der Waals surface area (Å²) in [5.74, 6) is -0.618. The average Bonchev–Trinajstić information content (AvgIpc) is 3.01. The summed E-state index contributed by atoms with van der Waals surface area (Å²) < 4.78 is 20.4. The maximum atomic E-state index is 11.5. The molecule has 1 aromatic rings. The van der Waals surface area contributed by atoms with Crippen molar-refractivity contribution in [2.24, 2.45) is 0 Å². The van der Waals surface area contributed by atoms with Crippen molar-refractivity contribution in [2.45, 2.75) is 26.2 Å². The number of hydrogen-bond donors (Lipinski definition) is 0.